The van der Waals surface area contributed by atoms with Gasteiger partial charge in [0.05, 0.1) is 18.8 Å². The molecular formula is C18H16N4O. The van der Waals surface area contributed by atoms with Crippen LogP contribution in [0.5, 0.6) is 0 Å². The highest BCUT2D eigenvalue weighted by Crippen LogP contribution is 2.31. The Morgan fingerprint density at radius 3 is 2.43 bits per heavy atom. The van der Waals surface area contributed by atoms with Gasteiger partial charge < -0.3 is 5.32 Å². The summed E-state index contributed by atoms with van der Waals surface area (Å²) >= 11 is 0. The molecule has 114 valence electrons. The van der Waals surface area contributed by atoms with E-state index < -0.39 is 0 Å². The summed E-state index contributed by atoms with van der Waals surface area (Å²) in [6.07, 6.45) is 1.82. The first kappa shape index (κ1) is 13.6. The molecule has 2 N–H and O–H groups in total. The minimum atomic E-state index is -0.207. The van der Waals surface area contributed by atoms with Crippen LogP contribution in [0.25, 0.3) is 0 Å². The summed E-state index contributed by atoms with van der Waals surface area (Å²) < 4.78 is 1.83. The van der Waals surface area contributed by atoms with Crippen LogP contribution in [-0.2, 0) is 6.54 Å². The number of fused-ring (bicyclic) bond motifs is 1. The van der Waals surface area contributed by atoms with Crippen molar-refractivity contribution in [3.63, 3.8) is 0 Å². The number of nitrogens with zero attached hydrogens (tertiary/aromatic N) is 2. The van der Waals surface area contributed by atoms with Crippen LogP contribution in [-0.4, -0.2) is 15.8 Å². The molecule has 1 aromatic heterocycles. The van der Waals surface area contributed by atoms with Gasteiger partial charge in [-0.25, -0.2) is 9.48 Å². The first-order valence-corrected chi connectivity index (χ1v) is 7.53. The van der Waals surface area contributed by atoms with Crippen molar-refractivity contribution in [2.45, 2.75) is 12.6 Å². The molecule has 0 fully saturated rings. The highest BCUT2D eigenvalue weighted by molar-refractivity contribution is 5.92. The molecule has 1 aliphatic rings. The lowest BCUT2D eigenvalue weighted by Crippen LogP contribution is -2.38. The number of amides is 2. The van der Waals surface area contributed by atoms with Gasteiger partial charge in [0.25, 0.3) is 0 Å². The van der Waals surface area contributed by atoms with Crippen LogP contribution >= 0.6 is 0 Å². The van der Waals surface area contributed by atoms with Crippen molar-refractivity contribution in [2.24, 2.45) is 0 Å². The smallest absolute Gasteiger partial charge is 0.321 e. The average Bonchev–Trinajstić information content (AvgIpc) is 2.99. The van der Waals surface area contributed by atoms with Crippen molar-refractivity contribution in [1.82, 2.24) is 15.1 Å². The maximum atomic E-state index is 12.0. The summed E-state index contributed by atoms with van der Waals surface area (Å²) in [6.45, 7) is 0.623. The zero-order valence-corrected chi connectivity index (χ0v) is 12.4. The van der Waals surface area contributed by atoms with Gasteiger partial charge in [-0.2, -0.15) is 5.10 Å². The standard InChI is InChI=1S/C18H16N4O/c23-18-20-16(14-9-5-2-6-10-14)15-11-19-22(17(15)21-18)12-13-7-3-1-4-8-13/h1-11,16H,12H2,(H2,20,21,23). The SMILES string of the molecule is O=C1Nc2c(cnn2Cc2ccccc2)C(c2ccccc2)N1. The van der Waals surface area contributed by atoms with Gasteiger partial charge in [0.1, 0.15) is 5.82 Å². The van der Waals surface area contributed by atoms with Gasteiger partial charge >= 0.3 is 6.03 Å². The summed E-state index contributed by atoms with van der Waals surface area (Å²) in [6, 6.07) is 19.6. The molecule has 3 aromatic rings. The molecule has 2 heterocycles. The number of aromatic nitrogens is 2. The predicted octanol–water partition coefficient (Wildman–Crippen LogP) is 3.16. The molecule has 5 heteroatoms. The number of anilines is 1. The molecule has 4 rings (SSSR count). The number of benzene rings is 2. The van der Waals surface area contributed by atoms with Gasteiger partial charge in [-0.05, 0) is 11.1 Å². The lowest BCUT2D eigenvalue weighted by atomic mass is 10.00. The number of carbonyl (C=O) groups excluding carboxylic acids is 1. The first-order chi connectivity index (χ1) is 11.3. The van der Waals surface area contributed by atoms with Crippen molar-refractivity contribution in [3.8, 4) is 0 Å². The molecule has 0 spiro atoms. The van der Waals surface area contributed by atoms with Crippen LogP contribution in [0.15, 0.2) is 66.9 Å². The van der Waals surface area contributed by atoms with E-state index in [0.717, 1.165) is 22.5 Å². The van der Waals surface area contributed by atoms with E-state index in [1.165, 1.54) is 0 Å². The van der Waals surface area contributed by atoms with E-state index in [2.05, 4.69) is 15.7 Å². The molecule has 0 aliphatic carbocycles. The Hall–Kier alpha value is -3.08. The van der Waals surface area contributed by atoms with E-state index in [-0.39, 0.29) is 12.1 Å². The lowest BCUT2D eigenvalue weighted by Gasteiger charge is -2.25. The van der Waals surface area contributed by atoms with Crippen LogP contribution in [0.1, 0.15) is 22.7 Å². The van der Waals surface area contributed by atoms with Gasteiger partial charge in [0, 0.05) is 5.56 Å². The Balaban J connectivity index is 1.71. The molecule has 0 bridgehead atoms. The number of urea groups is 1. The molecule has 0 radical (unpaired) electrons. The largest absolute Gasteiger partial charge is 0.327 e. The van der Waals surface area contributed by atoms with Crippen LogP contribution in [0, 0.1) is 0 Å². The van der Waals surface area contributed by atoms with Gasteiger partial charge in [-0.15, -0.1) is 0 Å². The molecule has 5 nitrogen and oxygen atoms in total. The van der Waals surface area contributed by atoms with Crippen LogP contribution < -0.4 is 10.6 Å². The highest BCUT2D eigenvalue weighted by Gasteiger charge is 2.28. The molecule has 23 heavy (non-hydrogen) atoms. The minimum absolute atomic E-state index is 0.176. The van der Waals surface area contributed by atoms with E-state index >= 15 is 0 Å². The van der Waals surface area contributed by atoms with E-state index in [1.807, 2.05) is 71.5 Å². The Labute approximate surface area is 134 Å². The van der Waals surface area contributed by atoms with Gasteiger partial charge in [-0.3, -0.25) is 5.32 Å². The summed E-state index contributed by atoms with van der Waals surface area (Å²) in [5.41, 5.74) is 3.16. The highest BCUT2D eigenvalue weighted by atomic mass is 16.2. The van der Waals surface area contributed by atoms with Gasteiger partial charge in [0.15, 0.2) is 0 Å². The predicted molar refractivity (Wildman–Crippen MR) is 88.2 cm³/mol. The number of carbonyl (C=O) groups is 1. The van der Waals surface area contributed by atoms with E-state index in [9.17, 15) is 4.79 Å². The molecule has 1 aliphatic heterocycles. The van der Waals surface area contributed by atoms with Crippen molar-refractivity contribution >= 4 is 11.8 Å². The summed E-state index contributed by atoms with van der Waals surface area (Å²) in [7, 11) is 0. The number of hydrogen-bond acceptors (Lipinski definition) is 2. The van der Waals surface area contributed by atoms with Crippen molar-refractivity contribution < 1.29 is 4.79 Å². The van der Waals surface area contributed by atoms with E-state index in [0.29, 0.717) is 6.54 Å². The van der Waals surface area contributed by atoms with Crippen molar-refractivity contribution in [1.29, 1.82) is 0 Å². The van der Waals surface area contributed by atoms with Gasteiger partial charge in [0.2, 0.25) is 0 Å². The van der Waals surface area contributed by atoms with Crippen molar-refractivity contribution in [2.75, 3.05) is 5.32 Å². The van der Waals surface area contributed by atoms with Crippen LogP contribution in [0.4, 0.5) is 10.6 Å². The van der Waals surface area contributed by atoms with E-state index in [1.54, 1.807) is 0 Å². The second-order valence-electron chi connectivity index (χ2n) is 5.53. The molecule has 1 atom stereocenters. The third kappa shape index (κ3) is 2.57. The topological polar surface area (TPSA) is 59.0 Å². The third-order valence-corrected chi connectivity index (χ3v) is 3.99. The number of rotatable bonds is 3. The molecule has 1 unspecified atom stereocenters. The Bertz CT molecular complexity index is 827. The number of hydrogen-bond donors (Lipinski definition) is 2. The van der Waals surface area contributed by atoms with Crippen LogP contribution in [0.3, 0.4) is 0 Å². The maximum Gasteiger partial charge on any atom is 0.321 e. The monoisotopic (exact) mass is 304 g/mol. The van der Waals surface area contributed by atoms with Gasteiger partial charge in [-0.1, -0.05) is 60.7 Å². The first-order valence-electron chi connectivity index (χ1n) is 7.53. The molecule has 2 amide bonds. The second-order valence-corrected chi connectivity index (χ2v) is 5.53. The summed E-state index contributed by atoms with van der Waals surface area (Å²) in [5, 5.41) is 10.3. The normalized spacial score (nSPS) is 16.3. The minimum Gasteiger partial charge on any atom is -0.327 e. The summed E-state index contributed by atoms with van der Waals surface area (Å²) in [4.78, 5) is 12.0. The fraction of sp³-hybridized carbons (Fsp3) is 0.111. The third-order valence-electron chi connectivity index (χ3n) is 3.99. The van der Waals surface area contributed by atoms with Crippen molar-refractivity contribution in [3.05, 3.63) is 83.6 Å². The Morgan fingerprint density at radius 1 is 1.00 bits per heavy atom. The molecule has 0 saturated heterocycles. The number of nitrogens with one attached hydrogen (secondary N) is 2. The molecule has 0 saturated carbocycles. The fourth-order valence-corrected chi connectivity index (χ4v) is 2.88. The zero-order valence-electron chi connectivity index (χ0n) is 12.4. The second kappa shape index (κ2) is 5.61. The lowest BCUT2D eigenvalue weighted by molar-refractivity contribution is 0.248. The maximum absolute atomic E-state index is 12.0. The Kier molecular flexibility index (Phi) is 3.31. The quantitative estimate of drug-likeness (QED) is 0.781. The fourth-order valence-electron chi connectivity index (χ4n) is 2.88. The van der Waals surface area contributed by atoms with Crippen LogP contribution in [0.2, 0.25) is 0 Å². The molecule has 2 aromatic carbocycles. The summed E-state index contributed by atoms with van der Waals surface area (Å²) in [5.74, 6) is 0.756. The zero-order chi connectivity index (χ0) is 15.6. The average molecular weight is 304 g/mol. The molecular weight excluding hydrogens is 288 g/mol. The van der Waals surface area contributed by atoms with E-state index in [4.69, 9.17) is 0 Å². The Morgan fingerprint density at radius 2 is 1.70 bits per heavy atom.